The first-order valence-electron chi connectivity index (χ1n) is 8.94. The second kappa shape index (κ2) is 8.17. The number of nitrogens with zero attached hydrogens (tertiary/aromatic N) is 1. The Bertz CT molecular complexity index is 764. The molecule has 3 nitrogen and oxygen atoms in total. The van der Waals surface area contributed by atoms with Gasteiger partial charge in [-0.25, -0.2) is 4.39 Å². The van der Waals surface area contributed by atoms with Crippen molar-refractivity contribution in [2.75, 3.05) is 7.11 Å². The maximum Gasteiger partial charge on any atom is 0.247 e. The Morgan fingerprint density at radius 2 is 1.85 bits per heavy atom. The number of halogens is 1. The van der Waals surface area contributed by atoms with Crippen LogP contribution < -0.4 is 4.74 Å². The second-order valence-electron chi connectivity index (χ2n) is 6.78. The minimum absolute atomic E-state index is 0.0236. The van der Waals surface area contributed by atoms with Crippen LogP contribution in [0.4, 0.5) is 4.39 Å². The van der Waals surface area contributed by atoms with Gasteiger partial charge in [0.2, 0.25) is 5.91 Å². The largest absolute Gasteiger partial charge is 0.497 e. The fourth-order valence-corrected chi connectivity index (χ4v) is 3.02. The first kappa shape index (κ1) is 18.2. The molecule has 2 aromatic rings. The predicted molar refractivity (Wildman–Crippen MR) is 101 cm³/mol. The van der Waals surface area contributed by atoms with Crippen LogP contribution in [-0.4, -0.2) is 24.0 Å². The zero-order valence-corrected chi connectivity index (χ0v) is 15.2. The van der Waals surface area contributed by atoms with Crippen molar-refractivity contribution >= 4 is 12.0 Å². The molecule has 4 heteroatoms. The van der Waals surface area contributed by atoms with Crippen molar-refractivity contribution in [2.45, 2.75) is 32.4 Å². The molecule has 1 fully saturated rings. The summed E-state index contributed by atoms with van der Waals surface area (Å²) in [4.78, 5) is 14.7. The Morgan fingerprint density at radius 1 is 1.19 bits per heavy atom. The van der Waals surface area contributed by atoms with E-state index in [1.165, 1.54) is 25.0 Å². The van der Waals surface area contributed by atoms with E-state index in [-0.39, 0.29) is 17.8 Å². The number of rotatable bonds is 7. The van der Waals surface area contributed by atoms with Crippen molar-refractivity contribution < 1.29 is 13.9 Å². The van der Waals surface area contributed by atoms with E-state index in [0.717, 1.165) is 16.9 Å². The van der Waals surface area contributed by atoms with Crippen molar-refractivity contribution in [2.24, 2.45) is 5.92 Å². The van der Waals surface area contributed by atoms with E-state index in [2.05, 4.69) is 6.92 Å². The molecule has 0 aromatic heterocycles. The molecular weight excluding hydrogens is 329 g/mol. The van der Waals surface area contributed by atoms with Crippen LogP contribution in [0.25, 0.3) is 6.08 Å². The van der Waals surface area contributed by atoms with Crippen LogP contribution in [0.15, 0.2) is 54.6 Å². The minimum atomic E-state index is -0.281. The average Bonchev–Trinajstić information content (AvgIpc) is 3.50. The van der Waals surface area contributed by atoms with Gasteiger partial charge in [-0.3, -0.25) is 4.79 Å². The maximum absolute atomic E-state index is 13.0. The van der Waals surface area contributed by atoms with Gasteiger partial charge in [0.05, 0.1) is 7.11 Å². The molecule has 26 heavy (non-hydrogen) atoms. The van der Waals surface area contributed by atoms with E-state index in [0.29, 0.717) is 12.5 Å². The Kier molecular flexibility index (Phi) is 5.71. The smallest absolute Gasteiger partial charge is 0.247 e. The first-order chi connectivity index (χ1) is 12.6. The number of carbonyl (C=O) groups is 1. The van der Waals surface area contributed by atoms with Gasteiger partial charge in [0, 0.05) is 18.7 Å². The lowest BCUT2D eigenvalue weighted by Crippen LogP contribution is -2.38. The fraction of sp³-hybridized carbons (Fsp3) is 0.318. The van der Waals surface area contributed by atoms with Gasteiger partial charge in [0.1, 0.15) is 11.6 Å². The summed E-state index contributed by atoms with van der Waals surface area (Å²) in [6.07, 6.45) is 5.67. The van der Waals surface area contributed by atoms with E-state index in [1.54, 1.807) is 31.4 Å². The Labute approximate surface area is 154 Å². The molecule has 1 atom stereocenters. The van der Waals surface area contributed by atoms with E-state index in [4.69, 9.17) is 4.74 Å². The highest BCUT2D eigenvalue weighted by molar-refractivity contribution is 5.92. The molecule has 0 aliphatic heterocycles. The summed E-state index contributed by atoms with van der Waals surface area (Å²) in [5.74, 6) is 1.08. The normalized spacial score (nSPS) is 15.0. The predicted octanol–water partition coefficient (Wildman–Crippen LogP) is 4.67. The summed E-state index contributed by atoms with van der Waals surface area (Å²) >= 11 is 0. The molecule has 2 aromatic carbocycles. The number of ether oxygens (including phenoxy) is 1. The summed E-state index contributed by atoms with van der Waals surface area (Å²) in [5, 5.41) is 0. The van der Waals surface area contributed by atoms with Crippen LogP contribution in [0.2, 0.25) is 0 Å². The lowest BCUT2D eigenvalue weighted by molar-refractivity contribution is -0.129. The minimum Gasteiger partial charge on any atom is -0.497 e. The summed E-state index contributed by atoms with van der Waals surface area (Å²) in [5.41, 5.74) is 1.88. The average molecular weight is 353 g/mol. The number of carbonyl (C=O) groups excluding carboxylic acids is 1. The van der Waals surface area contributed by atoms with Crippen molar-refractivity contribution in [1.29, 1.82) is 0 Å². The molecule has 1 aliphatic carbocycles. The van der Waals surface area contributed by atoms with Gasteiger partial charge >= 0.3 is 0 Å². The van der Waals surface area contributed by atoms with Gasteiger partial charge < -0.3 is 9.64 Å². The molecule has 1 saturated carbocycles. The SMILES string of the molecule is COc1ccc(CN(C(=O)/C=C/c2ccc(F)cc2)C(C)C2CC2)cc1. The standard InChI is InChI=1S/C22H24FNO2/c1-16(19-8-9-19)24(15-18-5-12-21(26-2)13-6-18)22(25)14-7-17-3-10-20(23)11-4-17/h3-7,10-14,16,19H,8-9,15H2,1-2H3/b14-7+. The Hall–Kier alpha value is -2.62. The highest BCUT2D eigenvalue weighted by atomic mass is 19.1. The van der Waals surface area contributed by atoms with Gasteiger partial charge in [-0.05, 0) is 67.2 Å². The third-order valence-electron chi connectivity index (χ3n) is 4.88. The van der Waals surface area contributed by atoms with E-state index < -0.39 is 0 Å². The highest BCUT2D eigenvalue weighted by Crippen LogP contribution is 2.36. The molecule has 1 unspecified atom stereocenters. The molecule has 136 valence electrons. The Morgan fingerprint density at radius 3 is 2.42 bits per heavy atom. The molecule has 0 spiro atoms. The van der Waals surface area contributed by atoms with E-state index in [9.17, 15) is 9.18 Å². The maximum atomic E-state index is 13.0. The van der Waals surface area contributed by atoms with E-state index in [1.807, 2.05) is 29.2 Å². The van der Waals surface area contributed by atoms with Crippen molar-refractivity contribution in [3.8, 4) is 5.75 Å². The molecule has 0 saturated heterocycles. The number of amides is 1. The summed E-state index contributed by atoms with van der Waals surface area (Å²) in [6, 6.07) is 14.1. The summed E-state index contributed by atoms with van der Waals surface area (Å²) in [7, 11) is 1.64. The number of methoxy groups -OCH3 is 1. The quantitative estimate of drug-likeness (QED) is 0.677. The highest BCUT2D eigenvalue weighted by Gasteiger charge is 2.33. The van der Waals surface area contributed by atoms with Crippen molar-refractivity contribution in [3.63, 3.8) is 0 Å². The van der Waals surface area contributed by atoms with Crippen molar-refractivity contribution in [3.05, 3.63) is 71.6 Å². The van der Waals surface area contributed by atoms with Gasteiger partial charge in [0.25, 0.3) is 0 Å². The van der Waals surface area contributed by atoms with Crippen LogP contribution in [0.1, 0.15) is 30.9 Å². The van der Waals surface area contributed by atoms with Gasteiger partial charge in [-0.2, -0.15) is 0 Å². The molecule has 0 heterocycles. The first-order valence-corrected chi connectivity index (χ1v) is 8.94. The van der Waals surface area contributed by atoms with Crippen LogP contribution in [0.5, 0.6) is 5.75 Å². The molecule has 1 amide bonds. The molecular formula is C22H24FNO2. The zero-order valence-electron chi connectivity index (χ0n) is 15.2. The lowest BCUT2D eigenvalue weighted by Gasteiger charge is -2.28. The number of hydrogen-bond acceptors (Lipinski definition) is 2. The third kappa shape index (κ3) is 4.72. The molecule has 0 N–H and O–H groups in total. The van der Waals surface area contributed by atoms with Crippen molar-refractivity contribution in [1.82, 2.24) is 4.90 Å². The van der Waals surface area contributed by atoms with Gasteiger partial charge in [-0.15, -0.1) is 0 Å². The van der Waals surface area contributed by atoms with Crippen LogP contribution in [-0.2, 0) is 11.3 Å². The second-order valence-corrected chi connectivity index (χ2v) is 6.78. The molecule has 1 aliphatic rings. The topological polar surface area (TPSA) is 29.5 Å². The van der Waals surface area contributed by atoms with Gasteiger partial charge in [0.15, 0.2) is 0 Å². The number of benzene rings is 2. The van der Waals surface area contributed by atoms with E-state index >= 15 is 0 Å². The zero-order chi connectivity index (χ0) is 18.5. The summed E-state index contributed by atoms with van der Waals surface area (Å²) in [6.45, 7) is 2.68. The van der Waals surface area contributed by atoms with Crippen LogP contribution >= 0.6 is 0 Å². The van der Waals surface area contributed by atoms with Crippen LogP contribution in [0.3, 0.4) is 0 Å². The fourth-order valence-electron chi connectivity index (χ4n) is 3.02. The molecule has 3 rings (SSSR count). The molecule has 0 bridgehead atoms. The Balaban J connectivity index is 1.73. The molecule has 0 radical (unpaired) electrons. The summed E-state index contributed by atoms with van der Waals surface area (Å²) < 4.78 is 18.2. The van der Waals surface area contributed by atoms with Crippen LogP contribution in [0, 0.1) is 11.7 Å². The lowest BCUT2D eigenvalue weighted by atomic mass is 10.1. The monoisotopic (exact) mass is 353 g/mol. The van der Waals surface area contributed by atoms with Gasteiger partial charge in [-0.1, -0.05) is 24.3 Å². The third-order valence-corrected chi connectivity index (χ3v) is 4.88. The number of hydrogen-bond donors (Lipinski definition) is 0.